The van der Waals surface area contributed by atoms with Crippen LogP contribution in [-0.4, -0.2) is 23.7 Å². The van der Waals surface area contributed by atoms with Crippen molar-refractivity contribution in [3.05, 3.63) is 34.3 Å². The molecule has 0 saturated heterocycles. The van der Waals surface area contributed by atoms with E-state index in [0.29, 0.717) is 6.54 Å². The van der Waals surface area contributed by atoms with E-state index in [1.54, 1.807) is 0 Å². The smallest absolute Gasteiger partial charge is 0.312 e. The van der Waals surface area contributed by atoms with Gasteiger partial charge in [0.25, 0.3) is 0 Å². The molecule has 0 unspecified atom stereocenters. The van der Waals surface area contributed by atoms with Crippen LogP contribution in [0.25, 0.3) is 0 Å². The number of hydrogen-bond acceptors (Lipinski definition) is 2. The Morgan fingerprint density at radius 2 is 1.84 bits per heavy atom. The second kappa shape index (κ2) is 6.90. The third-order valence-corrected chi connectivity index (χ3v) is 3.61. The van der Waals surface area contributed by atoms with Crippen molar-refractivity contribution in [3.8, 4) is 0 Å². The summed E-state index contributed by atoms with van der Waals surface area (Å²) >= 11 is 2.87. The first-order valence-corrected chi connectivity index (χ1v) is 7.04. The first-order valence-electron chi connectivity index (χ1n) is 5.26. The van der Waals surface area contributed by atoms with Gasteiger partial charge in [0.2, 0.25) is 0 Å². The minimum Gasteiger partial charge on any atom is -0.312 e. The van der Waals surface area contributed by atoms with Gasteiger partial charge in [0.1, 0.15) is 0 Å². The third kappa shape index (κ3) is 5.66. The molecule has 0 aliphatic rings. The summed E-state index contributed by atoms with van der Waals surface area (Å²) in [4.78, 5) is 0. The molecule has 19 heavy (non-hydrogen) atoms. The molecule has 0 radical (unpaired) electrons. The number of halogens is 6. The molecular formula is C11H11BrF5NS. The van der Waals surface area contributed by atoms with Gasteiger partial charge in [-0.25, -0.2) is 0 Å². The van der Waals surface area contributed by atoms with Crippen LogP contribution in [-0.2, 0) is 6.54 Å². The van der Waals surface area contributed by atoms with Gasteiger partial charge in [0, 0.05) is 23.3 Å². The lowest BCUT2D eigenvalue weighted by Crippen LogP contribution is -2.34. The Morgan fingerprint density at radius 1 is 1.16 bits per heavy atom. The lowest BCUT2D eigenvalue weighted by atomic mass is 10.2. The van der Waals surface area contributed by atoms with E-state index < -0.39 is 23.2 Å². The predicted molar refractivity (Wildman–Crippen MR) is 69.3 cm³/mol. The van der Waals surface area contributed by atoms with Crippen LogP contribution in [0, 0.1) is 0 Å². The SMILES string of the molecule is FC(F)(F)C(F)(F)SCCNCc1cccc(Br)c1. The Labute approximate surface area is 120 Å². The maximum atomic E-state index is 12.5. The normalized spacial score (nSPS) is 12.7. The van der Waals surface area contributed by atoms with Gasteiger partial charge in [-0.05, 0) is 17.7 Å². The summed E-state index contributed by atoms with van der Waals surface area (Å²) in [5, 5.41) is -1.88. The molecule has 0 amide bonds. The van der Waals surface area contributed by atoms with Gasteiger partial charge in [-0.15, -0.1) is 0 Å². The van der Waals surface area contributed by atoms with Crippen LogP contribution in [0.4, 0.5) is 22.0 Å². The molecule has 1 nitrogen and oxygen atoms in total. The van der Waals surface area contributed by atoms with E-state index in [1.165, 1.54) is 0 Å². The summed E-state index contributed by atoms with van der Waals surface area (Å²) in [6.45, 7) is 0.487. The van der Waals surface area contributed by atoms with Crippen molar-refractivity contribution in [1.29, 1.82) is 0 Å². The molecule has 0 heterocycles. The van der Waals surface area contributed by atoms with Gasteiger partial charge in [0.05, 0.1) is 0 Å². The highest BCUT2D eigenvalue weighted by Gasteiger charge is 2.57. The molecule has 1 aromatic carbocycles. The molecule has 0 fully saturated rings. The molecule has 8 heteroatoms. The fourth-order valence-electron chi connectivity index (χ4n) is 1.21. The van der Waals surface area contributed by atoms with E-state index in [2.05, 4.69) is 21.2 Å². The second-order valence-electron chi connectivity index (χ2n) is 3.67. The zero-order valence-corrected chi connectivity index (χ0v) is 12.0. The minimum atomic E-state index is -5.50. The van der Waals surface area contributed by atoms with Crippen molar-refractivity contribution < 1.29 is 22.0 Å². The fourth-order valence-corrected chi connectivity index (χ4v) is 2.33. The molecule has 0 spiro atoms. The average Bonchev–Trinajstić information content (AvgIpc) is 2.27. The number of hydrogen-bond donors (Lipinski definition) is 1. The van der Waals surface area contributed by atoms with E-state index in [-0.39, 0.29) is 12.3 Å². The topological polar surface area (TPSA) is 12.0 Å². The van der Waals surface area contributed by atoms with E-state index in [4.69, 9.17) is 0 Å². The molecule has 0 aromatic heterocycles. The van der Waals surface area contributed by atoms with Crippen LogP contribution in [0.3, 0.4) is 0 Å². The monoisotopic (exact) mass is 363 g/mol. The van der Waals surface area contributed by atoms with Crippen LogP contribution in [0.15, 0.2) is 28.7 Å². The number of rotatable bonds is 6. The zero-order valence-electron chi connectivity index (χ0n) is 9.61. The molecule has 0 atom stereocenters. The number of thioether (sulfide) groups is 1. The number of nitrogens with one attached hydrogen (secondary N) is 1. The van der Waals surface area contributed by atoms with Gasteiger partial charge in [0.15, 0.2) is 0 Å². The van der Waals surface area contributed by atoms with Gasteiger partial charge in [-0.2, -0.15) is 22.0 Å². The Balaban J connectivity index is 2.25. The van der Waals surface area contributed by atoms with Crippen molar-refractivity contribution in [2.75, 3.05) is 12.3 Å². The van der Waals surface area contributed by atoms with E-state index >= 15 is 0 Å². The maximum Gasteiger partial charge on any atom is 0.464 e. The van der Waals surface area contributed by atoms with Crippen LogP contribution in [0.5, 0.6) is 0 Å². The summed E-state index contributed by atoms with van der Waals surface area (Å²) in [6.07, 6.45) is -5.50. The lowest BCUT2D eigenvalue weighted by molar-refractivity contribution is -0.237. The fraction of sp³-hybridized carbons (Fsp3) is 0.455. The van der Waals surface area contributed by atoms with Gasteiger partial charge >= 0.3 is 11.4 Å². The molecule has 0 bridgehead atoms. The van der Waals surface area contributed by atoms with E-state index in [0.717, 1.165) is 10.0 Å². The van der Waals surface area contributed by atoms with Gasteiger partial charge in [-0.3, -0.25) is 0 Å². The first-order chi connectivity index (χ1) is 8.72. The van der Waals surface area contributed by atoms with E-state index in [1.807, 2.05) is 24.3 Å². The Morgan fingerprint density at radius 3 is 2.42 bits per heavy atom. The van der Waals surface area contributed by atoms with Gasteiger partial charge in [-0.1, -0.05) is 39.8 Å². The molecule has 0 aliphatic carbocycles. The molecule has 0 saturated carbocycles. The van der Waals surface area contributed by atoms with Crippen molar-refractivity contribution in [1.82, 2.24) is 5.32 Å². The summed E-state index contributed by atoms with van der Waals surface area (Å²) in [7, 11) is 0. The standard InChI is InChI=1S/C11H11BrF5NS/c12-9-3-1-2-8(6-9)7-18-4-5-19-11(16,17)10(13,14)15/h1-3,6,18H,4-5,7H2. The summed E-state index contributed by atoms with van der Waals surface area (Å²) in [5.74, 6) is -0.319. The average molecular weight is 364 g/mol. The summed E-state index contributed by atoms with van der Waals surface area (Å²) in [6, 6.07) is 7.32. The number of alkyl halides is 5. The Hall–Kier alpha value is -0.340. The quantitative estimate of drug-likeness (QED) is 0.592. The van der Waals surface area contributed by atoms with Crippen LogP contribution in [0.2, 0.25) is 0 Å². The molecule has 0 aliphatic heterocycles. The largest absolute Gasteiger partial charge is 0.464 e. The van der Waals surface area contributed by atoms with Gasteiger partial charge < -0.3 is 5.32 Å². The number of benzene rings is 1. The summed E-state index contributed by atoms with van der Waals surface area (Å²) in [5.41, 5.74) is 0.918. The molecule has 1 aromatic rings. The van der Waals surface area contributed by atoms with Crippen LogP contribution >= 0.6 is 27.7 Å². The van der Waals surface area contributed by atoms with Crippen LogP contribution < -0.4 is 5.32 Å². The highest BCUT2D eigenvalue weighted by Crippen LogP contribution is 2.43. The van der Waals surface area contributed by atoms with Crippen LogP contribution in [0.1, 0.15) is 5.56 Å². The predicted octanol–water partition coefficient (Wildman–Crippen LogP) is 4.43. The minimum absolute atomic E-state index is 0.0723. The highest BCUT2D eigenvalue weighted by atomic mass is 79.9. The zero-order chi connectivity index (χ0) is 14.5. The molecule has 1 rings (SSSR count). The Bertz CT molecular complexity index is 410. The summed E-state index contributed by atoms with van der Waals surface area (Å²) < 4.78 is 61.5. The van der Waals surface area contributed by atoms with Crippen molar-refractivity contribution >= 4 is 27.7 Å². The Kier molecular flexibility index (Phi) is 6.07. The van der Waals surface area contributed by atoms with Crippen molar-refractivity contribution in [3.63, 3.8) is 0 Å². The second-order valence-corrected chi connectivity index (χ2v) is 5.80. The first kappa shape index (κ1) is 16.7. The third-order valence-electron chi connectivity index (χ3n) is 2.11. The lowest BCUT2D eigenvalue weighted by Gasteiger charge is -2.18. The van der Waals surface area contributed by atoms with Crippen molar-refractivity contribution in [2.45, 2.75) is 18.0 Å². The van der Waals surface area contributed by atoms with E-state index in [9.17, 15) is 22.0 Å². The highest BCUT2D eigenvalue weighted by molar-refractivity contribution is 9.10. The molecular weight excluding hydrogens is 353 g/mol. The maximum absolute atomic E-state index is 12.5. The molecule has 108 valence electrons. The molecule has 1 N–H and O–H groups in total. The van der Waals surface area contributed by atoms with Crippen molar-refractivity contribution in [2.24, 2.45) is 0 Å².